The first-order valence-electron chi connectivity index (χ1n) is 3.62. The molecular weight excluding hydrogens is 130 g/mol. The summed E-state index contributed by atoms with van der Waals surface area (Å²) in [7, 11) is 0. The number of hydroxylamine groups is 1. The molecule has 0 fully saturated rings. The highest BCUT2D eigenvalue weighted by molar-refractivity contribution is 5.84. The minimum atomic E-state index is -0.583. The fraction of sp³-hybridized carbons (Fsp3) is 0.857. The van der Waals surface area contributed by atoms with Crippen LogP contribution in [0.3, 0.4) is 0 Å². The van der Waals surface area contributed by atoms with Gasteiger partial charge in [0.05, 0.1) is 0 Å². The van der Waals surface area contributed by atoms with Crippen LogP contribution in [0.2, 0.25) is 0 Å². The van der Waals surface area contributed by atoms with Gasteiger partial charge in [-0.25, -0.2) is 5.21 Å². The van der Waals surface area contributed by atoms with Gasteiger partial charge in [0.25, 0.3) is 0 Å². The lowest BCUT2D eigenvalue weighted by Gasteiger charge is -2.21. The maximum absolute atomic E-state index is 11.0. The highest BCUT2D eigenvalue weighted by Crippen LogP contribution is 2.09. The van der Waals surface area contributed by atoms with Crippen LogP contribution in [-0.4, -0.2) is 16.5 Å². The van der Waals surface area contributed by atoms with Crippen molar-refractivity contribution in [3.05, 3.63) is 0 Å². The maximum Gasteiger partial charge on any atom is 0.192 e. The fourth-order valence-corrected chi connectivity index (χ4v) is 1.02. The summed E-state index contributed by atoms with van der Waals surface area (Å²) in [6.07, 6.45) is 1.35. The molecule has 3 nitrogen and oxygen atoms in total. The number of nitrogens with two attached hydrogens (primary N) is 1. The molecule has 0 saturated heterocycles. The molecule has 0 atom stereocenters. The molecule has 0 heterocycles. The first-order valence-corrected chi connectivity index (χ1v) is 3.62. The van der Waals surface area contributed by atoms with Gasteiger partial charge >= 0.3 is 0 Å². The van der Waals surface area contributed by atoms with E-state index in [9.17, 15) is 4.79 Å². The first-order chi connectivity index (χ1) is 4.63. The third-order valence-electron chi connectivity index (χ3n) is 2.21. The van der Waals surface area contributed by atoms with Gasteiger partial charge in [0.15, 0.2) is 11.3 Å². The molecule has 0 amide bonds. The summed E-state index contributed by atoms with van der Waals surface area (Å²) in [6.45, 7) is 5.31. The normalized spacial score (nSPS) is 11.6. The third kappa shape index (κ3) is 1.55. The molecule has 3 heteroatoms. The Balaban J connectivity index is 4.31. The van der Waals surface area contributed by atoms with Gasteiger partial charge in [-0.1, -0.05) is 13.8 Å². The second kappa shape index (κ2) is 3.68. The lowest BCUT2D eigenvalue weighted by molar-refractivity contribution is -0.925. The van der Waals surface area contributed by atoms with Crippen LogP contribution < -0.4 is 5.48 Å². The van der Waals surface area contributed by atoms with Crippen molar-refractivity contribution >= 4 is 5.78 Å². The zero-order valence-electron chi connectivity index (χ0n) is 6.85. The number of carbonyl (C=O) groups excluding carboxylic acids is 1. The molecular formula is C7H16NO2+. The Morgan fingerprint density at radius 1 is 1.50 bits per heavy atom. The summed E-state index contributed by atoms with van der Waals surface area (Å²) in [5.74, 6) is 0.0417. The fourth-order valence-electron chi connectivity index (χ4n) is 1.02. The van der Waals surface area contributed by atoms with Crippen LogP contribution in [0.15, 0.2) is 0 Å². The largest absolute Gasteiger partial charge is 0.293 e. The molecule has 0 aromatic carbocycles. The predicted octanol–water partition coefficient (Wildman–Crippen LogP) is 0.0868. The second-order valence-corrected chi connectivity index (χ2v) is 2.55. The van der Waals surface area contributed by atoms with Gasteiger partial charge in [-0.05, 0) is 0 Å². The summed E-state index contributed by atoms with van der Waals surface area (Å²) in [4.78, 5) is 11.0. The van der Waals surface area contributed by atoms with Crippen LogP contribution in [0.5, 0.6) is 0 Å². The van der Waals surface area contributed by atoms with Crippen molar-refractivity contribution in [1.29, 1.82) is 0 Å². The first kappa shape index (κ1) is 9.59. The number of ketones is 1. The Bertz CT molecular complexity index is 111. The third-order valence-corrected chi connectivity index (χ3v) is 2.21. The predicted molar refractivity (Wildman–Crippen MR) is 37.7 cm³/mol. The van der Waals surface area contributed by atoms with Crippen molar-refractivity contribution in [3.63, 3.8) is 0 Å². The Hall–Kier alpha value is -0.410. The number of rotatable bonds is 4. The maximum atomic E-state index is 11.0. The molecule has 0 saturated carbocycles. The zero-order valence-corrected chi connectivity index (χ0v) is 6.85. The van der Waals surface area contributed by atoms with Crippen molar-refractivity contribution in [2.24, 2.45) is 0 Å². The van der Waals surface area contributed by atoms with Crippen molar-refractivity contribution < 1.29 is 15.5 Å². The summed E-state index contributed by atoms with van der Waals surface area (Å²) in [5, 5.41) is 8.80. The number of hydrogen-bond donors (Lipinski definition) is 2. The molecule has 60 valence electrons. The Morgan fingerprint density at radius 3 is 1.90 bits per heavy atom. The van der Waals surface area contributed by atoms with Gasteiger partial charge < -0.3 is 0 Å². The van der Waals surface area contributed by atoms with Crippen molar-refractivity contribution in [2.75, 3.05) is 0 Å². The average molecular weight is 146 g/mol. The second-order valence-electron chi connectivity index (χ2n) is 2.55. The highest BCUT2D eigenvalue weighted by atomic mass is 16.5. The zero-order chi connectivity index (χ0) is 8.20. The molecule has 0 spiro atoms. The van der Waals surface area contributed by atoms with E-state index in [1.54, 1.807) is 0 Å². The summed E-state index contributed by atoms with van der Waals surface area (Å²) >= 11 is 0. The minimum Gasteiger partial charge on any atom is -0.293 e. The molecule has 0 aliphatic rings. The molecule has 0 radical (unpaired) electrons. The van der Waals surface area contributed by atoms with E-state index in [2.05, 4.69) is 0 Å². The van der Waals surface area contributed by atoms with E-state index in [0.29, 0.717) is 12.8 Å². The molecule has 0 aromatic heterocycles. The SMILES string of the molecule is CCC(CC)([NH2+]O)C(C)=O. The monoisotopic (exact) mass is 146 g/mol. The standard InChI is InChI=1S/C7H15NO2/c1-4-7(5-2,8-10)6(3)9/h8,10H,4-5H2,1-3H3/p+1. The molecule has 0 aliphatic heterocycles. The van der Waals surface area contributed by atoms with Crippen molar-refractivity contribution in [2.45, 2.75) is 39.2 Å². The molecule has 0 aliphatic carbocycles. The van der Waals surface area contributed by atoms with Crippen LogP contribution >= 0.6 is 0 Å². The molecule has 0 bridgehead atoms. The molecule has 3 N–H and O–H groups in total. The summed E-state index contributed by atoms with van der Waals surface area (Å²) < 4.78 is 0. The van der Waals surface area contributed by atoms with Crippen LogP contribution in [0, 0.1) is 0 Å². The minimum absolute atomic E-state index is 0.0417. The van der Waals surface area contributed by atoms with Crippen molar-refractivity contribution in [3.8, 4) is 0 Å². The van der Waals surface area contributed by atoms with Crippen LogP contribution in [0.4, 0.5) is 0 Å². The Labute approximate surface area is 61.4 Å². The smallest absolute Gasteiger partial charge is 0.192 e. The number of hydrogen-bond acceptors (Lipinski definition) is 2. The summed E-state index contributed by atoms with van der Waals surface area (Å²) in [6, 6.07) is 0. The lowest BCUT2D eigenvalue weighted by Crippen LogP contribution is -2.96. The number of quaternary nitrogens is 1. The van der Waals surface area contributed by atoms with E-state index in [0.717, 1.165) is 5.48 Å². The average Bonchev–Trinajstić information content (AvgIpc) is 1.92. The van der Waals surface area contributed by atoms with Crippen molar-refractivity contribution in [1.82, 2.24) is 0 Å². The van der Waals surface area contributed by atoms with Crippen LogP contribution in [0.25, 0.3) is 0 Å². The lowest BCUT2D eigenvalue weighted by atomic mass is 9.90. The molecule has 10 heavy (non-hydrogen) atoms. The quantitative estimate of drug-likeness (QED) is 0.552. The van der Waals surface area contributed by atoms with Gasteiger partial charge in [-0.2, -0.15) is 5.48 Å². The van der Waals surface area contributed by atoms with Gasteiger partial charge in [-0.3, -0.25) is 4.79 Å². The highest BCUT2D eigenvalue weighted by Gasteiger charge is 2.35. The van der Waals surface area contributed by atoms with E-state index in [1.165, 1.54) is 6.92 Å². The van der Waals surface area contributed by atoms with E-state index < -0.39 is 5.54 Å². The number of carbonyl (C=O) groups is 1. The van der Waals surface area contributed by atoms with Crippen LogP contribution in [-0.2, 0) is 4.79 Å². The van der Waals surface area contributed by atoms with E-state index in [-0.39, 0.29) is 5.78 Å². The van der Waals surface area contributed by atoms with Gasteiger partial charge in [-0.15, -0.1) is 0 Å². The van der Waals surface area contributed by atoms with E-state index in [4.69, 9.17) is 5.21 Å². The van der Waals surface area contributed by atoms with E-state index >= 15 is 0 Å². The summed E-state index contributed by atoms with van der Waals surface area (Å²) in [5.41, 5.74) is 0.440. The Kier molecular flexibility index (Phi) is 3.53. The van der Waals surface area contributed by atoms with Gasteiger partial charge in [0, 0.05) is 19.8 Å². The topological polar surface area (TPSA) is 53.9 Å². The van der Waals surface area contributed by atoms with Gasteiger partial charge in [0.1, 0.15) is 0 Å². The molecule has 0 aromatic rings. The van der Waals surface area contributed by atoms with Crippen LogP contribution in [0.1, 0.15) is 33.6 Å². The molecule has 0 rings (SSSR count). The van der Waals surface area contributed by atoms with E-state index in [1.807, 2.05) is 13.8 Å². The number of Topliss-reactive ketones (excluding diaryl/α,β-unsaturated/α-hetero) is 1. The Morgan fingerprint density at radius 2 is 1.90 bits per heavy atom. The molecule has 0 unspecified atom stereocenters. The van der Waals surface area contributed by atoms with Gasteiger partial charge in [0.2, 0.25) is 0 Å².